The highest BCUT2D eigenvalue weighted by atomic mass is 16.3. The molecule has 210 valence electrons. The van der Waals surface area contributed by atoms with Crippen LogP contribution in [0.5, 0.6) is 0 Å². The maximum atomic E-state index is 6.72. The van der Waals surface area contributed by atoms with Crippen LogP contribution in [0.15, 0.2) is 162 Å². The smallest absolute Gasteiger partial charge is 0.161 e. The zero-order valence-electron chi connectivity index (χ0n) is 24.3. The van der Waals surface area contributed by atoms with E-state index in [0.29, 0.717) is 5.82 Å². The van der Waals surface area contributed by atoms with Crippen LogP contribution in [0.25, 0.3) is 88.5 Å². The van der Waals surface area contributed by atoms with E-state index >= 15 is 0 Å². The van der Waals surface area contributed by atoms with Crippen LogP contribution < -0.4 is 0 Å². The summed E-state index contributed by atoms with van der Waals surface area (Å²) in [4.78, 5) is 10.5. The lowest BCUT2D eigenvalue weighted by molar-refractivity contribution is 0.674. The summed E-state index contributed by atoms with van der Waals surface area (Å²) in [5.41, 5.74) is 10.2. The van der Waals surface area contributed by atoms with Crippen LogP contribution >= 0.6 is 0 Å². The van der Waals surface area contributed by atoms with Gasteiger partial charge in [0.15, 0.2) is 5.82 Å². The molecule has 2 heterocycles. The number of para-hydroxylation sites is 2. The van der Waals surface area contributed by atoms with Crippen LogP contribution in [0.2, 0.25) is 0 Å². The van der Waals surface area contributed by atoms with Gasteiger partial charge in [-0.1, -0.05) is 140 Å². The summed E-state index contributed by atoms with van der Waals surface area (Å²) in [6.45, 7) is 0. The van der Waals surface area contributed by atoms with Gasteiger partial charge in [0.25, 0.3) is 0 Å². The summed E-state index contributed by atoms with van der Waals surface area (Å²) in [6, 6.07) is 54.8. The first-order chi connectivity index (χ1) is 22.3. The van der Waals surface area contributed by atoms with Crippen molar-refractivity contribution in [3.63, 3.8) is 0 Å². The van der Waals surface area contributed by atoms with Crippen LogP contribution in [0.1, 0.15) is 0 Å². The van der Waals surface area contributed by atoms with Crippen molar-refractivity contribution in [1.82, 2.24) is 9.97 Å². The molecule has 0 aliphatic heterocycles. The predicted molar refractivity (Wildman–Crippen MR) is 186 cm³/mol. The second kappa shape index (κ2) is 10.3. The normalized spacial score (nSPS) is 11.6. The molecule has 2 aromatic heterocycles. The summed E-state index contributed by atoms with van der Waals surface area (Å²) in [5, 5.41) is 5.27. The highest BCUT2D eigenvalue weighted by Crippen LogP contribution is 2.42. The summed E-state index contributed by atoms with van der Waals surface area (Å²) >= 11 is 0. The highest BCUT2D eigenvalue weighted by Gasteiger charge is 2.20. The molecule has 0 aliphatic carbocycles. The molecule has 9 aromatic rings. The Hall–Kier alpha value is -6.06. The maximum Gasteiger partial charge on any atom is 0.161 e. The van der Waals surface area contributed by atoms with Crippen molar-refractivity contribution in [2.45, 2.75) is 0 Å². The van der Waals surface area contributed by atoms with Crippen LogP contribution in [0.3, 0.4) is 0 Å². The van der Waals surface area contributed by atoms with E-state index in [1.165, 1.54) is 5.56 Å². The molecule has 0 fully saturated rings. The highest BCUT2D eigenvalue weighted by molar-refractivity contribution is 6.20. The molecule has 3 heteroatoms. The van der Waals surface area contributed by atoms with Gasteiger partial charge in [-0.15, -0.1) is 0 Å². The Balaban J connectivity index is 1.31. The molecule has 0 aliphatic rings. The number of benzene rings is 7. The van der Waals surface area contributed by atoms with Crippen molar-refractivity contribution in [3.8, 4) is 44.9 Å². The van der Waals surface area contributed by atoms with E-state index in [1.807, 2.05) is 18.2 Å². The second-order valence-electron chi connectivity index (χ2n) is 11.4. The van der Waals surface area contributed by atoms with Crippen molar-refractivity contribution in [3.05, 3.63) is 158 Å². The summed E-state index contributed by atoms with van der Waals surface area (Å²) in [7, 11) is 0. The fourth-order valence-electron chi connectivity index (χ4n) is 6.54. The molecule has 0 bridgehead atoms. The summed E-state index contributed by atoms with van der Waals surface area (Å²) in [6.07, 6.45) is 0. The Kier molecular flexibility index (Phi) is 5.82. The summed E-state index contributed by atoms with van der Waals surface area (Å²) in [5.74, 6) is 0.695. The van der Waals surface area contributed by atoms with Crippen molar-refractivity contribution in [2.24, 2.45) is 0 Å². The number of aromatic nitrogens is 2. The third kappa shape index (κ3) is 4.21. The average molecular weight is 575 g/mol. The Morgan fingerprint density at radius 3 is 1.78 bits per heavy atom. The van der Waals surface area contributed by atoms with Crippen molar-refractivity contribution in [2.75, 3.05) is 0 Å². The largest absolute Gasteiger partial charge is 0.455 e. The molecule has 0 unspecified atom stereocenters. The van der Waals surface area contributed by atoms with Crippen molar-refractivity contribution >= 4 is 43.6 Å². The quantitative estimate of drug-likeness (QED) is 0.210. The first-order valence-corrected chi connectivity index (χ1v) is 15.2. The van der Waals surface area contributed by atoms with Gasteiger partial charge in [0.1, 0.15) is 11.2 Å². The van der Waals surface area contributed by atoms with Gasteiger partial charge < -0.3 is 4.42 Å². The van der Waals surface area contributed by atoms with E-state index < -0.39 is 0 Å². The Morgan fingerprint density at radius 2 is 0.956 bits per heavy atom. The lowest BCUT2D eigenvalue weighted by Crippen LogP contribution is -1.96. The summed E-state index contributed by atoms with van der Waals surface area (Å²) < 4.78 is 6.72. The fraction of sp³-hybridized carbons (Fsp3) is 0. The Morgan fingerprint density at radius 1 is 0.356 bits per heavy atom. The van der Waals surface area contributed by atoms with E-state index in [0.717, 1.165) is 77.1 Å². The van der Waals surface area contributed by atoms with Gasteiger partial charge in [0, 0.05) is 38.2 Å². The standard InChI is InChI=1S/C42H26N2O/c1-3-13-27(14-4-1)29-17-11-18-30(25-29)39-35-21-9-10-24-38(35)43-42(44-39)37-26-36-34-23-12-22-31(28-15-5-2-6-16-28)40(34)45-41(36)33-20-8-7-19-32(33)37/h1-26H. The number of nitrogens with zero attached hydrogens (tertiary/aromatic N) is 2. The third-order valence-electron chi connectivity index (χ3n) is 8.68. The van der Waals surface area contributed by atoms with Crippen LogP contribution in [0, 0.1) is 0 Å². The minimum atomic E-state index is 0.695. The molecule has 0 saturated heterocycles. The Labute approximate surface area is 260 Å². The van der Waals surface area contributed by atoms with E-state index in [-0.39, 0.29) is 0 Å². The molecule has 0 saturated carbocycles. The number of hydrogen-bond acceptors (Lipinski definition) is 3. The first-order valence-electron chi connectivity index (χ1n) is 15.2. The van der Waals surface area contributed by atoms with E-state index in [4.69, 9.17) is 14.4 Å². The van der Waals surface area contributed by atoms with Gasteiger partial charge in [0.2, 0.25) is 0 Å². The zero-order valence-corrected chi connectivity index (χ0v) is 24.3. The van der Waals surface area contributed by atoms with Crippen LogP contribution in [-0.4, -0.2) is 9.97 Å². The van der Waals surface area contributed by atoms with Gasteiger partial charge >= 0.3 is 0 Å². The number of hydrogen-bond donors (Lipinski definition) is 0. The van der Waals surface area contributed by atoms with E-state index in [1.54, 1.807) is 0 Å². The first kappa shape index (κ1) is 25.4. The monoisotopic (exact) mass is 574 g/mol. The Bertz CT molecular complexity index is 2530. The predicted octanol–water partition coefficient (Wildman–Crippen LogP) is 11.4. The van der Waals surface area contributed by atoms with E-state index in [2.05, 4.69) is 140 Å². The lowest BCUT2D eigenvalue weighted by atomic mass is 9.97. The molecule has 0 amide bonds. The molecule has 3 nitrogen and oxygen atoms in total. The molecular weight excluding hydrogens is 548 g/mol. The van der Waals surface area contributed by atoms with Gasteiger partial charge in [-0.2, -0.15) is 0 Å². The topological polar surface area (TPSA) is 38.9 Å². The molecule has 0 atom stereocenters. The average Bonchev–Trinajstić information content (AvgIpc) is 3.51. The number of furan rings is 1. The minimum Gasteiger partial charge on any atom is -0.455 e. The zero-order chi connectivity index (χ0) is 29.7. The third-order valence-corrected chi connectivity index (χ3v) is 8.68. The van der Waals surface area contributed by atoms with Crippen LogP contribution in [-0.2, 0) is 0 Å². The minimum absolute atomic E-state index is 0.695. The number of rotatable bonds is 4. The van der Waals surface area contributed by atoms with Gasteiger partial charge in [-0.25, -0.2) is 9.97 Å². The van der Waals surface area contributed by atoms with Crippen LogP contribution in [0.4, 0.5) is 0 Å². The molecule has 0 N–H and O–H groups in total. The van der Waals surface area contributed by atoms with Gasteiger partial charge in [-0.05, 0) is 40.3 Å². The van der Waals surface area contributed by atoms with Gasteiger partial charge in [0.05, 0.1) is 11.2 Å². The van der Waals surface area contributed by atoms with Crippen molar-refractivity contribution < 1.29 is 4.42 Å². The van der Waals surface area contributed by atoms with Crippen molar-refractivity contribution in [1.29, 1.82) is 0 Å². The fourth-order valence-corrected chi connectivity index (χ4v) is 6.54. The maximum absolute atomic E-state index is 6.72. The second-order valence-corrected chi connectivity index (χ2v) is 11.4. The molecule has 7 aromatic carbocycles. The molecule has 9 rings (SSSR count). The molecule has 45 heavy (non-hydrogen) atoms. The molecule has 0 radical (unpaired) electrons. The lowest BCUT2D eigenvalue weighted by Gasteiger charge is -2.12. The molecular formula is C42H26N2O. The molecule has 0 spiro atoms. The van der Waals surface area contributed by atoms with Gasteiger partial charge in [-0.3, -0.25) is 0 Å². The van der Waals surface area contributed by atoms with E-state index in [9.17, 15) is 0 Å². The number of fused-ring (bicyclic) bond motifs is 6. The SMILES string of the molecule is c1ccc(-c2cccc(-c3nc(-c4cc5c6cccc(-c7ccccc7)c6oc5c5ccccc45)nc4ccccc34)c2)cc1.